The Labute approximate surface area is 122 Å². The molecule has 5 nitrogen and oxygen atoms in total. The third-order valence-corrected chi connectivity index (χ3v) is 3.27. The molecule has 6 heteroatoms. The first-order valence-electron chi connectivity index (χ1n) is 5.75. The molecular weight excluding hydrogens is 324 g/mol. The summed E-state index contributed by atoms with van der Waals surface area (Å²) < 4.78 is 6.52. The van der Waals surface area contributed by atoms with Gasteiger partial charge >= 0.3 is 0 Å². The molecule has 0 saturated heterocycles. The van der Waals surface area contributed by atoms with E-state index in [1.54, 1.807) is 6.07 Å². The van der Waals surface area contributed by atoms with Crippen LogP contribution in [0.4, 0.5) is 0 Å². The number of halogens is 1. The molecule has 1 heterocycles. The van der Waals surface area contributed by atoms with Crippen molar-refractivity contribution in [2.45, 2.75) is 0 Å². The van der Waals surface area contributed by atoms with Crippen molar-refractivity contribution >= 4 is 15.9 Å². The Morgan fingerprint density at radius 3 is 2.05 bits per heavy atom. The molecule has 0 bridgehead atoms. The monoisotopic (exact) mass is 332 g/mol. The third-order valence-electron chi connectivity index (χ3n) is 2.74. The number of aromatic hydroxyl groups is 2. The van der Waals surface area contributed by atoms with Gasteiger partial charge in [-0.25, -0.2) is 0 Å². The molecule has 0 atom stereocenters. The standard InChI is InChI=1S/C14H9BrN2O3/c15-10-4-1-8(2-5-10)13-16-17-14(20-13)9-3-6-11(18)12(19)7-9/h1-7,18-19H. The van der Waals surface area contributed by atoms with E-state index in [-0.39, 0.29) is 17.4 Å². The number of benzene rings is 2. The van der Waals surface area contributed by atoms with Crippen LogP contribution in [0.1, 0.15) is 0 Å². The van der Waals surface area contributed by atoms with Crippen LogP contribution in [-0.4, -0.2) is 20.4 Å². The number of phenols is 2. The van der Waals surface area contributed by atoms with Gasteiger partial charge in [0.05, 0.1) is 0 Å². The van der Waals surface area contributed by atoms with Crippen molar-refractivity contribution in [3.05, 3.63) is 46.9 Å². The molecule has 0 spiro atoms. The van der Waals surface area contributed by atoms with Gasteiger partial charge in [0.15, 0.2) is 11.5 Å². The number of hydrogen-bond acceptors (Lipinski definition) is 5. The number of phenolic OH excluding ortho intramolecular Hbond substituents is 2. The predicted octanol–water partition coefficient (Wildman–Crippen LogP) is 3.58. The van der Waals surface area contributed by atoms with Crippen LogP contribution >= 0.6 is 15.9 Å². The molecule has 0 aliphatic carbocycles. The molecule has 0 fully saturated rings. The zero-order chi connectivity index (χ0) is 14.1. The quantitative estimate of drug-likeness (QED) is 0.701. The highest BCUT2D eigenvalue weighted by molar-refractivity contribution is 9.10. The Bertz CT molecular complexity index is 753. The lowest BCUT2D eigenvalue weighted by Gasteiger charge is -1.99. The van der Waals surface area contributed by atoms with Gasteiger partial charge in [0, 0.05) is 15.6 Å². The van der Waals surface area contributed by atoms with Crippen LogP contribution in [0.5, 0.6) is 11.5 Å². The van der Waals surface area contributed by atoms with Crippen LogP contribution in [0.25, 0.3) is 22.9 Å². The molecule has 3 aromatic rings. The molecule has 100 valence electrons. The Morgan fingerprint density at radius 2 is 1.40 bits per heavy atom. The minimum Gasteiger partial charge on any atom is -0.504 e. The maximum atomic E-state index is 9.47. The molecule has 0 unspecified atom stereocenters. The van der Waals surface area contributed by atoms with E-state index in [1.165, 1.54) is 12.1 Å². The Morgan fingerprint density at radius 1 is 0.800 bits per heavy atom. The number of rotatable bonds is 2. The summed E-state index contributed by atoms with van der Waals surface area (Å²) in [6.07, 6.45) is 0. The SMILES string of the molecule is Oc1ccc(-c2nnc(-c3ccc(Br)cc3)o2)cc1O. The van der Waals surface area contributed by atoms with E-state index >= 15 is 0 Å². The molecule has 1 aromatic heterocycles. The van der Waals surface area contributed by atoms with Crippen molar-refractivity contribution in [3.8, 4) is 34.4 Å². The van der Waals surface area contributed by atoms with E-state index < -0.39 is 0 Å². The van der Waals surface area contributed by atoms with Gasteiger partial charge < -0.3 is 14.6 Å². The summed E-state index contributed by atoms with van der Waals surface area (Å²) in [5, 5.41) is 26.7. The van der Waals surface area contributed by atoms with Crippen LogP contribution < -0.4 is 0 Å². The number of aromatic nitrogens is 2. The fraction of sp³-hybridized carbons (Fsp3) is 0. The predicted molar refractivity (Wildman–Crippen MR) is 76.2 cm³/mol. The minimum absolute atomic E-state index is 0.193. The van der Waals surface area contributed by atoms with E-state index in [4.69, 9.17) is 4.42 Å². The van der Waals surface area contributed by atoms with Gasteiger partial charge in [0.25, 0.3) is 0 Å². The first-order valence-corrected chi connectivity index (χ1v) is 6.54. The second kappa shape index (κ2) is 4.97. The van der Waals surface area contributed by atoms with Crippen molar-refractivity contribution in [3.63, 3.8) is 0 Å². The largest absolute Gasteiger partial charge is 0.504 e. The van der Waals surface area contributed by atoms with Gasteiger partial charge in [-0.2, -0.15) is 0 Å². The van der Waals surface area contributed by atoms with Gasteiger partial charge in [-0.05, 0) is 42.5 Å². The van der Waals surface area contributed by atoms with Crippen molar-refractivity contribution < 1.29 is 14.6 Å². The molecule has 3 rings (SSSR count). The summed E-state index contributed by atoms with van der Waals surface area (Å²) in [5.74, 6) is 0.241. The lowest BCUT2D eigenvalue weighted by molar-refractivity contribution is 0.404. The van der Waals surface area contributed by atoms with Crippen molar-refractivity contribution in [1.82, 2.24) is 10.2 Å². The lowest BCUT2D eigenvalue weighted by atomic mass is 10.2. The fourth-order valence-corrected chi connectivity index (χ4v) is 1.97. The molecule has 0 aliphatic heterocycles. The van der Waals surface area contributed by atoms with E-state index in [0.29, 0.717) is 11.5 Å². The zero-order valence-electron chi connectivity index (χ0n) is 10.1. The first-order chi connectivity index (χ1) is 9.63. The average Bonchev–Trinajstić information content (AvgIpc) is 2.92. The maximum Gasteiger partial charge on any atom is 0.248 e. The molecule has 0 saturated carbocycles. The van der Waals surface area contributed by atoms with Gasteiger partial charge in [0.1, 0.15) is 0 Å². The van der Waals surface area contributed by atoms with Crippen molar-refractivity contribution in [2.75, 3.05) is 0 Å². The summed E-state index contributed by atoms with van der Waals surface area (Å²) in [6, 6.07) is 11.8. The summed E-state index contributed by atoms with van der Waals surface area (Å²) in [4.78, 5) is 0. The smallest absolute Gasteiger partial charge is 0.248 e. The Kier molecular flexibility index (Phi) is 3.15. The molecule has 0 radical (unpaired) electrons. The summed E-state index contributed by atoms with van der Waals surface area (Å²) in [7, 11) is 0. The highest BCUT2D eigenvalue weighted by atomic mass is 79.9. The zero-order valence-corrected chi connectivity index (χ0v) is 11.7. The van der Waals surface area contributed by atoms with E-state index in [0.717, 1.165) is 10.0 Å². The van der Waals surface area contributed by atoms with Crippen LogP contribution in [0.2, 0.25) is 0 Å². The molecule has 2 N–H and O–H groups in total. The van der Waals surface area contributed by atoms with E-state index in [9.17, 15) is 10.2 Å². The summed E-state index contributed by atoms with van der Waals surface area (Å²) in [5.41, 5.74) is 1.34. The second-order valence-electron chi connectivity index (χ2n) is 4.12. The van der Waals surface area contributed by atoms with Crippen LogP contribution in [-0.2, 0) is 0 Å². The normalized spacial score (nSPS) is 10.7. The molecule has 2 aromatic carbocycles. The highest BCUT2D eigenvalue weighted by Crippen LogP contribution is 2.31. The first kappa shape index (κ1) is 12.7. The van der Waals surface area contributed by atoms with E-state index in [2.05, 4.69) is 26.1 Å². The second-order valence-corrected chi connectivity index (χ2v) is 5.04. The van der Waals surface area contributed by atoms with Crippen molar-refractivity contribution in [2.24, 2.45) is 0 Å². The van der Waals surface area contributed by atoms with E-state index in [1.807, 2.05) is 24.3 Å². The minimum atomic E-state index is -0.231. The summed E-state index contributed by atoms with van der Waals surface area (Å²) in [6.45, 7) is 0. The third kappa shape index (κ3) is 2.37. The van der Waals surface area contributed by atoms with Gasteiger partial charge in [-0.15, -0.1) is 10.2 Å². The molecule has 20 heavy (non-hydrogen) atoms. The topological polar surface area (TPSA) is 79.4 Å². The Balaban J connectivity index is 1.97. The fourth-order valence-electron chi connectivity index (χ4n) is 1.71. The highest BCUT2D eigenvalue weighted by Gasteiger charge is 2.12. The van der Waals surface area contributed by atoms with Gasteiger partial charge in [0.2, 0.25) is 11.8 Å². The lowest BCUT2D eigenvalue weighted by Crippen LogP contribution is -1.78. The Hall–Kier alpha value is -2.34. The van der Waals surface area contributed by atoms with Crippen LogP contribution in [0, 0.1) is 0 Å². The molecule has 0 amide bonds. The van der Waals surface area contributed by atoms with Crippen LogP contribution in [0.15, 0.2) is 51.4 Å². The molecule has 0 aliphatic rings. The summed E-state index contributed by atoms with van der Waals surface area (Å²) >= 11 is 3.36. The van der Waals surface area contributed by atoms with Gasteiger partial charge in [-0.1, -0.05) is 15.9 Å². The maximum absolute atomic E-state index is 9.47. The van der Waals surface area contributed by atoms with Gasteiger partial charge in [-0.3, -0.25) is 0 Å². The number of hydrogen-bond donors (Lipinski definition) is 2. The van der Waals surface area contributed by atoms with Crippen molar-refractivity contribution in [1.29, 1.82) is 0 Å². The average molecular weight is 333 g/mol. The molecular formula is C14H9BrN2O3. The number of nitrogens with zero attached hydrogens (tertiary/aromatic N) is 2. The van der Waals surface area contributed by atoms with Crippen LogP contribution in [0.3, 0.4) is 0 Å².